The highest BCUT2D eigenvalue weighted by Gasteiger charge is 2.26. The van der Waals surface area contributed by atoms with Gasteiger partial charge in [-0.25, -0.2) is 9.78 Å². The lowest BCUT2D eigenvalue weighted by molar-refractivity contribution is 0.0700. The fourth-order valence-electron chi connectivity index (χ4n) is 1.62. The van der Waals surface area contributed by atoms with Crippen molar-refractivity contribution in [2.45, 2.75) is 19.3 Å². The summed E-state index contributed by atoms with van der Waals surface area (Å²) in [4.78, 5) is 15.7. The van der Waals surface area contributed by atoms with Crippen LogP contribution in [0.1, 0.15) is 32.7 Å². The van der Waals surface area contributed by atoms with Crippen LogP contribution in [-0.2, 0) is 0 Å². The number of thioether (sulfide) groups is 1. The van der Waals surface area contributed by atoms with Crippen LogP contribution in [0.2, 0.25) is 0 Å². The number of thiazole rings is 1. The summed E-state index contributed by atoms with van der Waals surface area (Å²) in [6, 6.07) is 0. The van der Waals surface area contributed by atoms with Crippen LogP contribution in [0.4, 0.5) is 0 Å². The molecule has 1 atom stereocenters. The van der Waals surface area contributed by atoms with Crippen LogP contribution in [0.5, 0.6) is 0 Å². The maximum Gasteiger partial charge on any atom is 0.347 e. The van der Waals surface area contributed by atoms with E-state index in [1.807, 2.05) is 18.7 Å². The van der Waals surface area contributed by atoms with Crippen LogP contribution >= 0.6 is 23.1 Å². The molecule has 0 amide bonds. The van der Waals surface area contributed by atoms with Crippen molar-refractivity contribution in [2.24, 2.45) is 0 Å². The van der Waals surface area contributed by atoms with Gasteiger partial charge in [0.25, 0.3) is 0 Å². The minimum atomic E-state index is -0.831. The number of nitrogens with zero attached hydrogens (tertiary/aromatic N) is 1. The topological polar surface area (TPSA) is 50.2 Å². The summed E-state index contributed by atoms with van der Waals surface area (Å²) in [5, 5.41) is 9.86. The Bertz CT molecular complexity index is 356. The van der Waals surface area contributed by atoms with E-state index in [1.54, 1.807) is 0 Å². The maximum absolute atomic E-state index is 11.0. The van der Waals surface area contributed by atoms with Crippen molar-refractivity contribution < 1.29 is 9.90 Å². The molecule has 5 heteroatoms. The van der Waals surface area contributed by atoms with Gasteiger partial charge in [0.2, 0.25) is 0 Å². The van der Waals surface area contributed by atoms with E-state index < -0.39 is 5.97 Å². The Kier molecular flexibility index (Phi) is 2.78. The standard InChI is InChI=1S/C9H11NO2S2/c1-5-10-7(6-2-3-13-4-6)8(14-5)9(11)12/h6H,2-4H2,1H3,(H,11,12). The molecule has 0 saturated carbocycles. The van der Waals surface area contributed by atoms with E-state index >= 15 is 0 Å². The van der Waals surface area contributed by atoms with Gasteiger partial charge < -0.3 is 5.11 Å². The van der Waals surface area contributed by atoms with Crippen LogP contribution in [0, 0.1) is 6.92 Å². The SMILES string of the molecule is Cc1nc(C2CCSC2)c(C(=O)O)s1. The first-order valence-electron chi connectivity index (χ1n) is 4.47. The molecule has 0 spiro atoms. The summed E-state index contributed by atoms with van der Waals surface area (Å²) >= 11 is 3.17. The van der Waals surface area contributed by atoms with Crippen molar-refractivity contribution in [3.05, 3.63) is 15.6 Å². The third kappa shape index (κ3) is 1.79. The molecule has 1 saturated heterocycles. The first-order valence-corrected chi connectivity index (χ1v) is 6.44. The second-order valence-corrected chi connectivity index (χ2v) is 5.67. The molecule has 2 heterocycles. The summed E-state index contributed by atoms with van der Waals surface area (Å²) < 4.78 is 0. The van der Waals surface area contributed by atoms with Gasteiger partial charge in [-0.2, -0.15) is 11.8 Å². The van der Waals surface area contributed by atoms with Crippen molar-refractivity contribution in [1.82, 2.24) is 4.98 Å². The van der Waals surface area contributed by atoms with E-state index in [2.05, 4.69) is 4.98 Å². The molecule has 1 aliphatic heterocycles. The fourth-order valence-corrected chi connectivity index (χ4v) is 3.69. The molecule has 76 valence electrons. The third-order valence-corrected chi connectivity index (χ3v) is 4.41. The molecule has 1 unspecified atom stereocenters. The number of hydrogen-bond donors (Lipinski definition) is 1. The Balaban J connectivity index is 2.35. The number of rotatable bonds is 2. The van der Waals surface area contributed by atoms with Gasteiger partial charge >= 0.3 is 5.97 Å². The highest BCUT2D eigenvalue weighted by atomic mass is 32.2. The predicted octanol–water partition coefficient (Wildman–Crippen LogP) is 2.37. The van der Waals surface area contributed by atoms with E-state index in [9.17, 15) is 4.79 Å². The molecule has 1 fully saturated rings. The number of aryl methyl sites for hydroxylation is 1. The molecule has 14 heavy (non-hydrogen) atoms. The largest absolute Gasteiger partial charge is 0.477 e. The number of aromatic nitrogens is 1. The van der Waals surface area contributed by atoms with E-state index in [0.717, 1.165) is 28.6 Å². The molecule has 0 aromatic carbocycles. The Morgan fingerprint density at radius 1 is 1.64 bits per heavy atom. The number of aromatic carboxylic acids is 1. The van der Waals surface area contributed by atoms with Gasteiger partial charge in [0.05, 0.1) is 10.7 Å². The van der Waals surface area contributed by atoms with E-state index in [-0.39, 0.29) is 0 Å². The molecular formula is C9H11NO2S2. The van der Waals surface area contributed by atoms with E-state index in [0.29, 0.717) is 10.8 Å². The Labute approximate surface area is 90.6 Å². The van der Waals surface area contributed by atoms with Crippen LogP contribution in [0.15, 0.2) is 0 Å². The lowest BCUT2D eigenvalue weighted by atomic mass is 10.0. The number of carboxylic acids is 1. The Morgan fingerprint density at radius 2 is 2.43 bits per heavy atom. The molecule has 3 nitrogen and oxygen atoms in total. The zero-order valence-corrected chi connectivity index (χ0v) is 9.45. The molecule has 1 aromatic rings. The molecule has 0 bridgehead atoms. The quantitative estimate of drug-likeness (QED) is 0.846. The lowest BCUT2D eigenvalue weighted by Gasteiger charge is -2.04. The van der Waals surface area contributed by atoms with Crippen molar-refractivity contribution in [3.63, 3.8) is 0 Å². The minimum Gasteiger partial charge on any atom is -0.477 e. The van der Waals surface area contributed by atoms with Gasteiger partial charge in [0.15, 0.2) is 0 Å². The Hall–Kier alpha value is -0.550. The zero-order valence-electron chi connectivity index (χ0n) is 7.82. The number of hydrogen-bond acceptors (Lipinski definition) is 4. The van der Waals surface area contributed by atoms with Crippen LogP contribution < -0.4 is 0 Å². The fraction of sp³-hybridized carbons (Fsp3) is 0.556. The maximum atomic E-state index is 11.0. The van der Waals surface area contributed by atoms with Gasteiger partial charge in [-0.3, -0.25) is 0 Å². The van der Waals surface area contributed by atoms with Gasteiger partial charge in [-0.05, 0) is 19.1 Å². The summed E-state index contributed by atoms with van der Waals surface area (Å²) in [6.45, 7) is 1.86. The minimum absolute atomic E-state index is 0.357. The van der Waals surface area contributed by atoms with Gasteiger partial charge in [-0.1, -0.05) is 0 Å². The molecule has 1 aliphatic rings. The van der Waals surface area contributed by atoms with Gasteiger partial charge in [0.1, 0.15) is 4.88 Å². The smallest absolute Gasteiger partial charge is 0.347 e. The Morgan fingerprint density at radius 3 is 3.00 bits per heavy atom. The molecule has 1 N–H and O–H groups in total. The van der Waals surface area contributed by atoms with Crippen molar-refractivity contribution in [1.29, 1.82) is 0 Å². The highest BCUT2D eigenvalue weighted by Crippen LogP contribution is 2.35. The first kappa shape index (κ1) is 9.98. The number of carboxylic acid groups (broad SMARTS) is 1. The summed E-state index contributed by atoms with van der Waals surface area (Å²) in [7, 11) is 0. The third-order valence-electron chi connectivity index (χ3n) is 2.27. The second-order valence-electron chi connectivity index (χ2n) is 3.31. The average Bonchev–Trinajstić information content (AvgIpc) is 2.70. The second kappa shape index (κ2) is 3.90. The molecule has 0 radical (unpaired) electrons. The predicted molar refractivity (Wildman–Crippen MR) is 58.5 cm³/mol. The first-order chi connectivity index (χ1) is 6.68. The van der Waals surface area contributed by atoms with Crippen molar-refractivity contribution in [2.75, 3.05) is 11.5 Å². The zero-order chi connectivity index (χ0) is 10.1. The van der Waals surface area contributed by atoms with Crippen LogP contribution in [0.3, 0.4) is 0 Å². The summed E-state index contributed by atoms with van der Waals surface area (Å²) in [5.41, 5.74) is 0.810. The molecule has 0 aliphatic carbocycles. The highest BCUT2D eigenvalue weighted by molar-refractivity contribution is 7.99. The van der Waals surface area contributed by atoms with Crippen LogP contribution in [-0.4, -0.2) is 27.6 Å². The van der Waals surface area contributed by atoms with E-state index in [4.69, 9.17) is 5.11 Å². The molecular weight excluding hydrogens is 218 g/mol. The lowest BCUT2D eigenvalue weighted by Crippen LogP contribution is -2.04. The van der Waals surface area contributed by atoms with Gasteiger partial charge in [-0.15, -0.1) is 11.3 Å². The number of carbonyl (C=O) groups is 1. The van der Waals surface area contributed by atoms with E-state index in [1.165, 1.54) is 11.3 Å². The average molecular weight is 229 g/mol. The summed E-state index contributed by atoms with van der Waals surface area (Å²) in [6.07, 6.45) is 1.06. The summed E-state index contributed by atoms with van der Waals surface area (Å²) in [5.74, 6) is 1.67. The molecule has 1 aromatic heterocycles. The van der Waals surface area contributed by atoms with Crippen molar-refractivity contribution >= 4 is 29.1 Å². The van der Waals surface area contributed by atoms with Crippen molar-refractivity contribution in [3.8, 4) is 0 Å². The normalized spacial score (nSPS) is 21.4. The monoisotopic (exact) mass is 229 g/mol. The van der Waals surface area contributed by atoms with Gasteiger partial charge in [0, 0.05) is 11.7 Å². The molecule has 2 rings (SSSR count). The van der Waals surface area contributed by atoms with Crippen LogP contribution in [0.25, 0.3) is 0 Å².